The maximum Gasteiger partial charge on any atom is 0.294 e. The molecule has 0 fully saturated rings. The average molecular weight is 214 g/mol. The van der Waals surface area contributed by atoms with Gasteiger partial charge in [-0.05, 0) is 6.92 Å². The molecule has 1 heterocycles. The highest BCUT2D eigenvalue weighted by atomic mass is 32.1. The van der Waals surface area contributed by atoms with Crippen LogP contribution in [0.4, 0.5) is 5.00 Å². The van der Waals surface area contributed by atoms with Crippen LogP contribution >= 0.6 is 11.5 Å². The number of amides is 1. The van der Waals surface area contributed by atoms with Crippen LogP contribution in [0.1, 0.15) is 12.6 Å². The Labute approximate surface area is 83.9 Å². The summed E-state index contributed by atoms with van der Waals surface area (Å²) >= 11 is 0.928. The summed E-state index contributed by atoms with van der Waals surface area (Å²) in [5, 5.41) is 7.27. The van der Waals surface area contributed by atoms with E-state index in [2.05, 4.69) is 19.6 Å². The smallest absolute Gasteiger partial charge is 0.294 e. The number of nitrogen functional groups attached to an aromatic ring is 1. The third kappa shape index (κ3) is 2.16. The molecule has 1 rings (SSSR count). The minimum Gasteiger partial charge on any atom is -0.395 e. The van der Waals surface area contributed by atoms with Gasteiger partial charge in [0.05, 0.1) is 0 Å². The highest BCUT2D eigenvalue weighted by molar-refractivity contribution is 7.10. The van der Waals surface area contributed by atoms with Gasteiger partial charge in [0.2, 0.25) is 0 Å². The molecule has 0 unspecified atom stereocenters. The second-order valence-electron chi connectivity index (χ2n) is 2.17. The molecule has 3 N–H and O–H groups in total. The molecule has 1 amide bonds. The molecule has 0 aliphatic rings. The largest absolute Gasteiger partial charge is 0.395 e. The number of hydrogen-bond acceptors (Lipinski definition) is 7. The maximum absolute atomic E-state index is 10.8. The maximum atomic E-state index is 10.8. The molecular weight excluding hydrogens is 206 g/mol. The summed E-state index contributed by atoms with van der Waals surface area (Å²) in [7, 11) is 0. The number of oxime groups is 1. The standard InChI is InChI=1S/C6H8N5O2S/c1-2-13-10-3(5(7)12)4-6(8)14-11-9-4/h7H,2,8H2,1H3/b10-3+. The Morgan fingerprint density at radius 1 is 1.79 bits per heavy atom. The van der Waals surface area contributed by atoms with Gasteiger partial charge in [-0.15, -0.1) is 5.10 Å². The highest BCUT2D eigenvalue weighted by Crippen LogP contribution is 2.13. The molecule has 0 bridgehead atoms. The summed E-state index contributed by atoms with van der Waals surface area (Å²) in [4.78, 5) is 15.5. The minimum absolute atomic E-state index is 0.100. The number of carbonyl (C=O) groups excluding carboxylic acids is 1. The topological polar surface area (TPSA) is 114 Å². The Morgan fingerprint density at radius 2 is 2.50 bits per heavy atom. The number of anilines is 1. The number of nitrogens with zero attached hydrogens (tertiary/aromatic N) is 3. The van der Waals surface area contributed by atoms with Crippen molar-refractivity contribution >= 4 is 28.2 Å². The van der Waals surface area contributed by atoms with Crippen molar-refractivity contribution in [2.75, 3.05) is 12.3 Å². The summed E-state index contributed by atoms with van der Waals surface area (Å²) in [6.07, 6.45) is 0. The van der Waals surface area contributed by atoms with Gasteiger partial charge in [0.15, 0.2) is 11.4 Å². The predicted molar refractivity (Wildman–Crippen MR) is 50.6 cm³/mol. The summed E-state index contributed by atoms with van der Waals surface area (Å²) in [6.45, 7) is 2.01. The van der Waals surface area contributed by atoms with Crippen LogP contribution in [0.5, 0.6) is 0 Å². The van der Waals surface area contributed by atoms with E-state index in [1.807, 2.05) is 0 Å². The molecular formula is C6H8N5O2S. The van der Waals surface area contributed by atoms with Gasteiger partial charge in [0.1, 0.15) is 11.6 Å². The number of nitrogens with two attached hydrogens (primary N) is 1. The van der Waals surface area contributed by atoms with Crippen molar-refractivity contribution < 1.29 is 9.63 Å². The molecule has 0 aliphatic carbocycles. The first-order chi connectivity index (χ1) is 6.66. The Morgan fingerprint density at radius 3 is 2.93 bits per heavy atom. The Bertz CT molecular complexity index is 361. The Balaban J connectivity index is 3.01. The van der Waals surface area contributed by atoms with Gasteiger partial charge in [-0.3, -0.25) is 10.5 Å². The number of nitrogens with one attached hydrogen (secondary N) is 1. The molecule has 1 aromatic heterocycles. The molecule has 8 heteroatoms. The van der Waals surface area contributed by atoms with E-state index < -0.39 is 5.91 Å². The van der Waals surface area contributed by atoms with Crippen molar-refractivity contribution in [3.05, 3.63) is 5.69 Å². The van der Waals surface area contributed by atoms with Crippen molar-refractivity contribution in [2.45, 2.75) is 6.92 Å². The van der Waals surface area contributed by atoms with Crippen molar-refractivity contribution in [1.29, 1.82) is 0 Å². The Hall–Kier alpha value is -1.70. The van der Waals surface area contributed by atoms with Crippen molar-refractivity contribution in [3.63, 3.8) is 0 Å². The van der Waals surface area contributed by atoms with Crippen LogP contribution in [-0.2, 0) is 9.63 Å². The van der Waals surface area contributed by atoms with Gasteiger partial charge in [-0.1, -0.05) is 9.64 Å². The molecule has 0 spiro atoms. The molecule has 7 nitrogen and oxygen atoms in total. The third-order valence-corrected chi connectivity index (χ3v) is 1.79. The molecule has 0 saturated heterocycles. The first-order valence-corrected chi connectivity index (χ1v) is 4.48. The molecule has 0 aliphatic heterocycles. The lowest BCUT2D eigenvalue weighted by Crippen LogP contribution is -2.18. The van der Waals surface area contributed by atoms with E-state index in [0.29, 0.717) is 6.61 Å². The fourth-order valence-electron chi connectivity index (χ4n) is 0.683. The summed E-state index contributed by atoms with van der Waals surface area (Å²) in [5.41, 5.74) is 12.3. The quantitative estimate of drug-likeness (QED) is 0.544. The van der Waals surface area contributed by atoms with Gasteiger partial charge in [0.25, 0.3) is 5.91 Å². The van der Waals surface area contributed by atoms with E-state index in [4.69, 9.17) is 11.5 Å². The first kappa shape index (κ1) is 10.4. The van der Waals surface area contributed by atoms with Crippen LogP contribution in [0, 0.1) is 0 Å². The van der Waals surface area contributed by atoms with Crippen molar-refractivity contribution in [1.82, 2.24) is 15.3 Å². The zero-order valence-corrected chi connectivity index (χ0v) is 8.17. The minimum atomic E-state index is -1.00. The monoisotopic (exact) mass is 214 g/mol. The van der Waals surface area contributed by atoms with Gasteiger partial charge in [0, 0.05) is 11.5 Å². The summed E-state index contributed by atoms with van der Waals surface area (Å²) in [6, 6.07) is 0. The van der Waals surface area contributed by atoms with Crippen molar-refractivity contribution in [2.24, 2.45) is 5.16 Å². The van der Waals surface area contributed by atoms with Crippen LogP contribution in [0.3, 0.4) is 0 Å². The van der Waals surface area contributed by atoms with Crippen LogP contribution < -0.4 is 11.5 Å². The van der Waals surface area contributed by atoms with Crippen LogP contribution in [0.2, 0.25) is 0 Å². The van der Waals surface area contributed by atoms with E-state index in [1.54, 1.807) is 6.92 Å². The van der Waals surface area contributed by atoms with E-state index in [-0.39, 0.29) is 16.4 Å². The lowest BCUT2D eigenvalue weighted by Gasteiger charge is -1.97. The highest BCUT2D eigenvalue weighted by Gasteiger charge is 2.19. The zero-order valence-electron chi connectivity index (χ0n) is 7.35. The predicted octanol–water partition coefficient (Wildman–Crippen LogP) is -0.330. The van der Waals surface area contributed by atoms with Gasteiger partial charge in [-0.2, -0.15) is 0 Å². The van der Waals surface area contributed by atoms with E-state index in [9.17, 15) is 4.79 Å². The van der Waals surface area contributed by atoms with Gasteiger partial charge < -0.3 is 10.6 Å². The fourth-order valence-corrected chi connectivity index (χ4v) is 1.12. The second-order valence-corrected chi connectivity index (χ2v) is 2.96. The average Bonchev–Trinajstić information content (AvgIpc) is 2.52. The number of carbonyl (C=O) groups is 1. The van der Waals surface area contributed by atoms with E-state index in [0.717, 1.165) is 11.5 Å². The van der Waals surface area contributed by atoms with Crippen LogP contribution in [-0.4, -0.2) is 27.8 Å². The van der Waals surface area contributed by atoms with Gasteiger partial charge in [-0.25, -0.2) is 0 Å². The van der Waals surface area contributed by atoms with Crippen molar-refractivity contribution in [3.8, 4) is 0 Å². The van der Waals surface area contributed by atoms with E-state index in [1.165, 1.54) is 0 Å². The second kappa shape index (κ2) is 4.51. The molecule has 1 aromatic rings. The molecule has 0 atom stereocenters. The normalized spacial score (nSPS) is 11.4. The number of hydrogen-bond donors (Lipinski definition) is 1. The summed E-state index contributed by atoms with van der Waals surface area (Å²) < 4.78 is 3.53. The number of rotatable bonds is 4. The zero-order chi connectivity index (χ0) is 10.6. The third-order valence-electron chi connectivity index (χ3n) is 1.24. The summed E-state index contributed by atoms with van der Waals surface area (Å²) in [5.74, 6) is -1.00. The molecule has 0 aromatic carbocycles. The SMILES string of the molecule is CCO/N=C(/C([NH])=O)c1nnsc1N. The molecule has 14 heavy (non-hydrogen) atoms. The molecule has 75 valence electrons. The molecule has 1 radical (unpaired) electrons. The lowest BCUT2D eigenvalue weighted by molar-refractivity contribution is -0.112. The van der Waals surface area contributed by atoms with E-state index >= 15 is 0 Å². The first-order valence-electron chi connectivity index (χ1n) is 3.71. The van der Waals surface area contributed by atoms with Crippen LogP contribution in [0.15, 0.2) is 5.16 Å². The Kier molecular flexibility index (Phi) is 3.35. The molecule has 0 saturated carbocycles. The number of aromatic nitrogens is 2. The van der Waals surface area contributed by atoms with Crippen LogP contribution in [0.25, 0.3) is 0 Å². The van der Waals surface area contributed by atoms with Gasteiger partial charge >= 0.3 is 0 Å². The lowest BCUT2D eigenvalue weighted by atomic mass is 10.3. The fraction of sp³-hybridized carbons (Fsp3) is 0.333.